The first-order valence-corrected chi connectivity index (χ1v) is 7.76. The van der Waals surface area contributed by atoms with Crippen LogP contribution >= 0.6 is 0 Å². The summed E-state index contributed by atoms with van der Waals surface area (Å²) in [4.78, 5) is 11.8. The zero-order valence-electron chi connectivity index (χ0n) is 13.1. The topological polar surface area (TPSA) is 59.6 Å². The predicted octanol–water partition coefficient (Wildman–Crippen LogP) is 2.20. The molecule has 0 heterocycles. The lowest BCUT2D eigenvalue weighted by atomic mass is 9.80. The maximum Gasteiger partial charge on any atom is 0.407 e. The molecule has 0 bridgehead atoms. The highest BCUT2D eigenvalue weighted by atomic mass is 16.6. The average Bonchev–Trinajstić information content (AvgIpc) is 2.23. The van der Waals surface area contributed by atoms with Crippen LogP contribution in [0.1, 0.15) is 53.4 Å². The van der Waals surface area contributed by atoms with Gasteiger partial charge in [-0.05, 0) is 47.0 Å². The van der Waals surface area contributed by atoms with Crippen molar-refractivity contribution in [3.05, 3.63) is 0 Å². The summed E-state index contributed by atoms with van der Waals surface area (Å²) >= 11 is 0. The van der Waals surface area contributed by atoms with Crippen LogP contribution < -0.4 is 10.6 Å². The fourth-order valence-electron chi connectivity index (χ4n) is 2.67. The van der Waals surface area contributed by atoms with Crippen LogP contribution in [0.5, 0.6) is 0 Å². The first-order chi connectivity index (χ1) is 9.39. The third-order valence-corrected chi connectivity index (χ3v) is 3.94. The number of hydrogen-bond donors (Lipinski definition) is 2. The Morgan fingerprint density at radius 2 is 2.00 bits per heavy atom. The Labute approximate surface area is 121 Å². The van der Waals surface area contributed by atoms with Gasteiger partial charge in [-0.15, -0.1) is 0 Å². The molecule has 0 radical (unpaired) electrons. The highest BCUT2D eigenvalue weighted by Crippen LogP contribution is 2.28. The van der Waals surface area contributed by atoms with E-state index < -0.39 is 5.60 Å². The maximum absolute atomic E-state index is 11.8. The predicted molar refractivity (Wildman–Crippen MR) is 77.8 cm³/mol. The number of amides is 1. The van der Waals surface area contributed by atoms with Crippen LogP contribution in [0.25, 0.3) is 0 Å². The van der Waals surface area contributed by atoms with Gasteiger partial charge in [0.2, 0.25) is 0 Å². The summed E-state index contributed by atoms with van der Waals surface area (Å²) in [5.41, 5.74) is -0.454. The van der Waals surface area contributed by atoms with Gasteiger partial charge in [-0.2, -0.15) is 0 Å². The molecular formula is C15H28N2O3. The standard InChI is InChI=1S/C15H28N2O3/c1-5-19-12-9-11(13(12)16-10-7-6-8-10)17-14(18)20-15(2,3)4/h10-13,16H,5-9H2,1-4H3,(H,17,18). The first kappa shape index (κ1) is 15.6. The van der Waals surface area contributed by atoms with Crippen molar-refractivity contribution in [1.29, 1.82) is 0 Å². The van der Waals surface area contributed by atoms with Crippen molar-refractivity contribution in [2.75, 3.05) is 6.61 Å². The first-order valence-electron chi connectivity index (χ1n) is 7.76. The minimum Gasteiger partial charge on any atom is -0.444 e. The van der Waals surface area contributed by atoms with Gasteiger partial charge in [-0.3, -0.25) is 0 Å². The molecule has 0 saturated heterocycles. The minimum atomic E-state index is -0.454. The Morgan fingerprint density at radius 1 is 1.30 bits per heavy atom. The molecule has 0 aromatic heterocycles. The van der Waals surface area contributed by atoms with Crippen LogP contribution in [0, 0.1) is 0 Å². The van der Waals surface area contributed by atoms with Gasteiger partial charge in [0.1, 0.15) is 5.60 Å². The lowest BCUT2D eigenvalue weighted by Gasteiger charge is -2.47. The van der Waals surface area contributed by atoms with Gasteiger partial charge < -0.3 is 20.1 Å². The van der Waals surface area contributed by atoms with E-state index in [0.29, 0.717) is 12.6 Å². The Morgan fingerprint density at radius 3 is 2.50 bits per heavy atom. The zero-order chi connectivity index (χ0) is 14.8. The van der Waals surface area contributed by atoms with Crippen molar-refractivity contribution in [3.8, 4) is 0 Å². The second kappa shape index (κ2) is 6.31. The van der Waals surface area contributed by atoms with E-state index in [-0.39, 0.29) is 24.3 Å². The molecule has 0 aromatic carbocycles. The van der Waals surface area contributed by atoms with Gasteiger partial charge in [0.15, 0.2) is 0 Å². The quantitative estimate of drug-likeness (QED) is 0.812. The van der Waals surface area contributed by atoms with Crippen LogP contribution in [-0.2, 0) is 9.47 Å². The van der Waals surface area contributed by atoms with E-state index in [0.717, 1.165) is 6.42 Å². The normalized spacial score (nSPS) is 30.3. The number of hydrogen-bond acceptors (Lipinski definition) is 4. The van der Waals surface area contributed by atoms with E-state index in [4.69, 9.17) is 9.47 Å². The Hall–Kier alpha value is -0.810. The van der Waals surface area contributed by atoms with Gasteiger partial charge in [-0.1, -0.05) is 6.42 Å². The van der Waals surface area contributed by atoms with Gasteiger partial charge in [0.25, 0.3) is 0 Å². The van der Waals surface area contributed by atoms with E-state index in [9.17, 15) is 4.79 Å². The molecule has 0 spiro atoms. The number of rotatable bonds is 5. The smallest absolute Gasteiger partial charge is 0.407 e. The summed E-state index contributed by atoms with van der Waals surface area (Å²) in [6.45, 7) is 8.35. The van der Waals surface area contributed by atoms with Crippen LogP contribution in [0.15, 0.2) is 0 Å². The lowest BCUT2D eigenvalue weighted by molar-refractivity contribution is -0.0494. The van der Waals surface area contributed by atoms with Crippen molar-refractivity contribution < 1.29 is 14.3 Å². The summed E-state index contributed by atoms with van der Waals surface area (Å²) < 4.78 is 11.0. The van der Waals surface area contributed by atoms with E-state index in [2.05, 4.69) is 10.6 Å². The molecule has 2 aliphatic rings. The number of carbonyl (C=O) groups is 1. The Bertz CT molecular complexity index is 337. The van der Waals surface area contributed by atoms with E-state index in [1.807, 2.05) is 27.7 Å². The van der Waals surface area contributed by atoms with Crippen molar-refractivity contribution in [2.24, 2.45) is 0 Å². The van der Waals surface area contributed by atoms with E-state index in [1.54, 1.807) is 0 Å². The summed E-state index contributed by atoms with van der Waals surface area (Å²) in [6, 6.07) is 0.918. The maximum atomic E-state index is 11.8. The molecule has 2 N–H and O–H groups in total. The third-order valence-electron chi connectivity index (χ3n) is 3.94. The van der Waals surface area contributed by atoms with Crippen molar-refractivity contribution >= 4 is 6.09 Å². The fraction of sp³-hybridized carbons (Fsp3) is 0.933. The number of nitrogens with one attached hydrogen (secondary N) is 2. The number of carbonyl (C=O) groups excluding carboxylic acids is 1. The Balaban J connectivity index is 1.81. The number of alkyl carbamates (subject to hydrolysis) is 1. The molecule has 2 fully saturated rings. The molecule has 5 nitrogen and oxygen atoms in total. The molecule has 0 aromatic rings. The summed E-state index contributed by atoms with van der Waals surface area (Å²) in [5.74, 6) is 0. The summed E-state index contributed by atoms with van der Waals surface area (Å²) in [6.07, 6.45) is 4.49. The molecule has 2 rings (SSSR count). The molecule has 2 aliphatic carbocycles. The van der Waals surface area contributed by atoms with E-state index >= 15 is 0 Å². The molecular weight excluding hydrogens is 256 g/mol. The lowest BCUT2D eigenvalue weighted by Crippen LogP contribution is -2.68. The van der Waals surface area contributed by atoms with Crippen molar-refractivity contribution in [1.82, 2.24) is 10.6 Å². The van der Waals surface area contributed by atoms with Crippen molar-refractivity contribution in [3.63, 3.8) is 0 Å². The second-order valence-electron chi connectivity index (χ2n) is 6.80. The van der Waals surface area contributed by atoms with Gasteiger partial charge >= 0.3 is 6.09 Å². The second-order valence-corrected chi connectivity index (χ2v) is 6.80. The molecule has 3 unspecified atom stereocenters. The van der Waals surface area contributed by atoms with Crippen LogP contribution in [0.4, 0.5) is 4.79 Å². The molecule has 1 amide bonds. The molecule has 20 heavy (non-hydrogen) atoms. The highest BCUT2D eigenvalue weighted by Gasteiger charge is 2.44. The fourth-order valence-corrected chi connectivity index (χ4v) is 2.67. The van der Waals surface area contributed by atoms with Crippen LogP contribution in [0.2, 0.25) is 0 Å². The van der Waals surface area contributed by atoms with Crippen LogP contribution in [0.3, 0.4) is 0 Å². The molecule has 5 heteroatoms. The summed E-state index contributed by atoms with van der Waals surface area (Å²) in [7, 11) is 0. The monoisotopic (exact) mass is 284 g/mol. The molecule has 2 saturated carbocycles. The third kappa shape index (κ3) is 4.09. The average molecular weight is 284 g/mol. The van der Waals surface area contributed by atoms with E-state index in [1.165, 1.54) is 19.3 Å². The van der Waals surface area contributed by atoms with Gasteiger partial charge in [-0.25, -0.2) is 4.79 Å². The number of ether oxygens (including phenoxy) is 2. The zero-order valence-corrected chi connectivity index (χ0v) is 13.1. The molecule has 3 atom stereocenters. The Kier molecular flexibility index (Phi) is 4.91. The molecule has 116 valence electrons. The minimum absolute atomic E-state index is 0.113. The largest absolute Gasteiger partial charge is 0.444 e. The summed E-state index contributed by atoms with van der Waals surface area (Å²) in [5, 5.41) is 6.57. The van der Waals surface area contributed by atoms with Crippen molar-refractivity contribution in [2.45, 2.75) is 83.2 Å². The molecule has 0 aliphatic heterocycles. The van der Waals surface area contributed by atoms with Gasteiger partial charge in [0, 0.05) is 12.6 Å². The highest BCUT2D eigenvalue weighted by molar-refractivity contribution is 5.68. The SMILES string of the molecule is CCOC1CC(NC(=O)OC(C)(C)C)C1NC1CCC1. The van der Waals surface area contributed by atoms with Gasteiger partial charge in [0.05, 0.1) is 18.2 Å². The van der Waals surface area contributed by atoms with Crippen LogP contribution in [-0.4, -0.2) is 42.5 Å².